The minimum Gasteiger partial charge on any atom is -0.496 e. The Labute approximate surface area is 138 Å². The molecule has 0 saturated heterocycles. The van der Waals surface area contributed by atoms with Gasteiger partial charge in [-0.1, -0.05) is 18.2 Å². The molecule has 2 N–H and O–H groups in total. The van der Waals surface area contributed by atoms with E-state index in [1.807, 2.05) is 37.0 Å². The smallest absolute Gasteiger partial charge is 0.191 e. The number of ether oxygens (including phenoxy) is 1. The van der Waals surface area contributed by atoms with E-state index in [4.69, 9.17) is 4.74 Å². The zero-order chi connectivity index (χ0) is 15.8. The van der Waals surface area contributed by atoms with Gasteiger partial charge in [0, 0.05) is 24.9 Å². The molecule has 1 aliphatic carbocycles. The lowest BCUT2D eigenvalue weighted by atomic mass is 10.1. The molecule has 2 atom stereocenters. The average Bonchev–Trinajstić information content (AvgIpc) is 3.02. The Hall–Kier alpha value is -1.36. The summed E-state index contributed by atoms with van der Waals surface area (Å²) in [6.07, 6.45) is 6.89. The Morgan fingerprint density at radius 1 is 1.36 bits per heavy atom. The van der Waals surface area contributed by atoms with Crippen molar-refractivity contribution in [3.63, 3.8) is 0 Å². The number of rotatable bonds is 6. The molecular formula is C17H27N3OS. The molecule has 0 aliphatic heterocycles. The minimum atomic E-state index is 0.551. The van der Waals surface area contributed by atoms with E-state index in [0.29, 0.717) is 6.04 Å². The fourth-order valence-corrected chi connectivity index (χ4v) is 3.69. The first kappa shape index (κ1) is 17.0. The molecule has 0 aromatic heterocycles. The predicted octanol–water partition coefficient (Wildman–Crippen LogP) is 2.69. The highest BCUT2D eigenvalue weighted by Crippen LogP contribution is 2.28. The van der Waals surface area contributed by atoms with Crippen LogP contribution in [0, 0.1) is 0 Å². The summed E-state index contributed by atoms with van der Waals surface area (Å²) in [7, 11) is 3.55. The van der Waals surface area contributed by atoms with Gasteiger partial charge < -0.3 is 15.4 Å². The van der Waals surface area contributed by atoms with Gasteiger partial charge >= 0.3 is 0 Å². The van der Waals surface area contributed by atoms with Crippen LogP contribution in [0.2, 0.25) is 0 Å². The number of nitrogens with one attached hydrogen (secondary N) is 2. The molecule has 0 amide bonds. The first-order chi connectivity index (χ1) is 10.8. The number of guanidine groups is 1. The molecule has 0 radical (unpaired) electrons. The van der Waals surface area contributed by atoms with Gasteiger partial charge in [0.15, 0.2) is 5.96 Å². The van der Waals surface area contributed by atoms with Gasteiger partial charge in [-0.25, -0.2) is 0 Å². The number of para-hydroxylation sites is 1. The van der Waals surface area contributed by atoms with Crippen molar-refractivity contribution in [2.75, 3.05) is 27.0 Å². The van der Waals surface area contributed by atoms with E-state index in [1.54, 1.807) is 7.11 Å². The monoisotopic (exact) mass is 321 g/mol. The molecular weight excluding hydrogens is 294 g/mol. The summed E-state index contributed by atoms with van der Waals surface area (Å²) in [4.78, 5) is 4.33. The van der Waals surface area contributed by atoms with Crippen LogP contribution in [0.5, 0.6) is 5.75 Å². The summed E-state index contributed by atoms with van der Waals surface area (Å²) in [5.41, 5.74) is 1.22. The van der Waals surface area contributed by atoms with Crippen molar-refractivity contribution in [2.45, 2.75) is 37.0 Å². The molecule has 0 bridgehead atoms. The Morgan fingerprint density at radius 2 is 2.18 bits per heavy atom. The van der Waals surface area contributed by atoms with Crippen molar-refractivity contribution in [2.24, 2.45) is 4.99 Å². The Morgan fingerprint density at radius 3 is 2.86 bits per heavy atom. The largest absolute Gasteiger partial charge is 0.496 e. The van der Waals surface area contributed by atoms with Gasteiger partial charge in [-0.2, -0.15) is 11.8 Å². The van der Waals surface area contributed by atoms with Crippen molar-refractivity contribution in [3.05, 3.63) is 29.8 Å². The number of hydrogen-bond acceptors (Lipinski definition) is 3. The van der Waals surface area contributed by atoms with E-state index < -0.39 is 0 Å². The normalized spacial score (nSPS) is 21.7. The number of hydrogen-bond donors (Lipinski definition) is 2. The second-order valence-electron chi connectivity index (χ2n) is 5.57. The number of thioether (sulfide) groups is 1. The third-order valence-electron chi connectivity index (χ3n) is 4.16. The topological polar surface area (TPSA) is 45.7 Å². The summed E-state index contributed by atoms with van der Waals surface area (Å²) in [5.74, 6) is 1.85. The predicted molar refractivity (Wildman–Crippen MR) is 96.1 cm³/mol. The van der Waals surface area contributed by atoms with E-state index in [2.05, 4.69) is 27.9 Å². The highest BCUT2D eigenvalue weighted by atomic mass is 32.2. The summed E-state index contributed by atoms with van der Waals surface area (Å²) >= 11 is 1.98. The van der Waals surface area contributed by atoms with Crippen molar-refractivity contribution in [3.8, 4) is 5.75 Å². The number of methoxy groups -OCH3 is 1. The minimum absolute atomic E-state index is 0.551. The molecule has 0 heterocycles. The lowest BCUT2D eigenvalue weighted by molar-refractivity contribution is 0.409. The highest BCUT2D eigenvalue weighted by Gasteiger charge is 2.24. The first-order valence-electron chi connectivity index (χ1n) is 7.88. The summed E-state index contributed by atoms with van der Waals surface area (Å²) < 4.78 is 5.38. The zero-order valence-corrected chi connectivity index (χ0v) is 14.6. The van der Waals surface area contributed by atoms with E-state index in [0.717, 1.165) is 29.9 Å². The van der Waals surface area contributed by atoms with Crippen LogP contribution >= 0.6 is 11.8 Å². The maximum absolute atomic E-state index is 5.38. The molecule has 1 aliphatic rings. The lowest BCUT2D eigenvalue weighted by Gasteiger charge is -2.17. The molecule has 2 unspecified atom stereocenters. The van der Waals surface area contributed by atoms with Crippen LogP contribution in [0.3, 0.4) is 0 Å². The van der Waals surface area contributed by atoms with E-state index in [-0.39, 0.29) is 0 Å². The molecule has 0 spiro atoms. The number of aliphatic imine (C=N–C) groups is 1. The summed E-state index contributed by atoms with van der Waals surface area (Å²) in [5, 5.41) is 7.74. The fraction of sp³-hybridized carbons (Fsp3) is 0.588. The van der Waals surface area contributed by atoms with Gasteiger partial charge in [-0.3, -0.25) is 4.99 Å². The Kier molecular flexibility index (Phi) is 6.90. The average molecular weight is 321 g/mol. The molecule has 5 heteroatoms. The molecule has 22 heavy (non-hydrogen) atoms. The summed E-state index contributed by atoms with van der Waals surface area (Å²) in [6.45, 7) is 0.846. The Balaban J connectivity index is 1.77. The third-order valence-corrected chi connectivity index (χ3v) is 5.26. The third kappa shape index (κ3) is 4.83. The van der Waals surface area contributed by atoms with Gasteiger partial charge in [-0.15, -0.1) is 0 Å². The molecule has 4 nitrogen and oxygen atoms in total. The van der Waals surface area contributed by atoms with E-state index in [9.17, 15) is 0 Å². The van der Waals surface area contributed by atoms with Gasteiger partial charge in [0.25, 0.3) is 0 Å². The van der Waals surface area contributed by atoms with E-state index >= 15 is 0 Å². The number of nitrogens with zero attached hydrogens (tertiary/aromatic N) is 1. The van der Waals surface area contributed by atoms with Crippen molar-refractivity contribution in [1.82, 2.24) is 10.6 Å². The van der Waals surface area contributed by atoms with Crippen LogP contribution in [0.15, 0.2) is 29.3 Å². The second kappa shape index (κ2) is 8.93. The van der Waals surface area contributed by atoms with Crippen molar-refractivity contribution < 1.29 is 4.74 Å². The molecule has 2 rings (SSSR count). The summed E-state index contributed by atoms with van der Waals surface area (Å²) in [6, 6.07) is 8.71. The van der Waals surface area contributed by atoms with Crippen LogP contribution in [0.25, 0.3) is 0 Å². The molecule has 1 aromatic rings. The second-order valence-corrected chi connectivity index (χ2v) is 6.71. The van der Waals surface area contributed by atoms with Crippen molar-refractivity contribution in [1.29, 1.82) is 0 Å². The van der Waals surface area contributed by atoms with Gasteiger partial charge in [0.1, 0.15) is 5.75 Å². The Bertz CT molecular complexity index is 493. The molecule has 1 fully saturated rings. The first-order valence-corrected chi connectivity index (χ1v) is 9.17. The maximum atomic E-state index is 5.38. The quantitative estimate of drug-likeness (QED) is 0.625. The van der Waals surface area contributed by atoms with Crippen LogP contribution < -0.4 is 15.4 Å². The van der Waals surface area contributed by atoms with Crippen LogP contribution in [-0.2, 0) is 6.42 Å². The fourth-order valence-electron chi connectivity index (χ4n) is 2.90. The van der Waals surface area contributed by atoms with Crippen LogP contribution in [0.1, 0.15) is 24.8 Å². The zero-order valence-electron chi connectivity index (χ0n) is 13.8. The maximum Gasteiger partial charge on any atom is 0.191 e. The number of benzene rings is 1. The highest BCUT2D eigenvalue weighted by molar-refractivity contribution is 7.99. The lowest BCUT2D eigenvalue weighted by Crippen LogP contribution is -2.43. The molecule has 122 valence electrons. The molecule has 1 saturated carbocycles. The van der Waals surface area contributed by atoms with Crippen molar-refractivity contribution >= 4 is 17.7 Å². The van der Waals surface area contributed by atoms with Crippen LogP contribution in [-0.4, -0.2) is 44.2 Å². The van der Waals surface area contributed by atoms with Crippen LogP contribution in [0.4, 0.5) is 0 Å². The standard InChI is InChI=1S/C17H27N3OS/c1-18-17(20-14-8-9-15(12-14)22-3)19-11-10-13-6-4-5-7-16(13)21-2/h4-7,14-15H,8-12H2,1-3H3,(H2,18,19,20). The van der Waals surface area contributed by atoms with Gasteiger partial charge in [0.05, 0.1) is 7.11 Å². The van der Waals surface area contributed by atoms with Gasteiger partial charge in [0.2, 0.25) is 0 Å². The SMILES string of the molecule is CN=C(NCCc1ccccc1OC)NC1CCC(SC)C1. The van der Waals surface area contributed by atoms with Gasteiger partial charge in [-0.05, 0) is 43.6 Å². The van der Waals surface area contributed by atoms with E-state index in [1.165, 1.54) is 24.8 Å². The molecule has 1 aromatic carbocycles.